The zero-order valence-corrected chi connectivity index (χ0v) is 21.7. The predicted octanol–water partition coefficient (Wildman–Crippen LogP) is 4.05. The Morgan fingerprint density at radius 2 is 1.06 bits per heavy atom. The van der Waals surface area contributed by atoms with Crippen molar-refractivity contribution in [3.63, 3.8) is 0 Å². The van der Waals surface area contributed by atoms with Crippen molar-refractivity contribution in [2.24, 2.45) is 0 Å². The lowest BCUT2D eigenvalue weighted by Crippen LogP contribution is -2.34. The molecular formula is C24H30N4O4S2. The fourth-order valence-electron chi connectivity index (χ4n) is 4.29. The van der Waals surface area contributed by atoms with Crippen LogP contribution in [0.3, 0.4) is 0 Å². The number of nitrogens with zero attached hydrogens (tertiary/aromatic N) is 4. The minimum atomic E-state index is -1.04. The average Bonchev–Trinajstić information content (AvgIpc) is 2.80. The molecule has 0 aliphatic carbocycles. The third-order valence-electron chi connectivity index (χ3n) is 6.12. The number of hydrogen-bond acceptors (Lipinski definition) is 6. The highest BCUT2D eigenvalue weighted by molar-refractivity contribution is 7.71. The Bertz CT molecular complexity index is 1370. The zero-order chi connectivity index (χ0) is 25.3. The van der Waals surface area contributed by atoms with E-state index in [0.717, 1.165) is 5.56 Å². The summed E-state index contributed by atoms with van der Waals surface area (Å²) < 4.78 is 6.08. The van der Waals surface area contributed by atoms with E-state index in [9.17, 15) is 19.8 Å². The van der Waals surface area contributed by atoms with Crippen LogP contribution in [0.4, 0.5) is 0 Å². The quantitative estimate of drug-likeness (QED) is 0.474. The first-order chi connectivity index (χ1) is 16.1. The second kappa shape index (κ2) is 10.1. The van der Waals surface area contributed by atoms with Crippen LogP contribution in [0, 0.1) is 16.5 Å². The molecule has 1 aromatic carbocycles. The number of benzene rings is 1. The monoisotopic (exact) mass is 502 g/mol. The summed E-state index contributed by atoms with van der Waals surface area (Å²) in [5, 5.41) is 22.5. The van der Waals surface area contributed by atoms with E-state index in [2.05, 4.69) is 0 Å². The molecule has 0 fully saturated rings. The second-order valence-electron chi connectivity index (χ2n) is 7.97. The van der Waals surface area contributed by atoms with E-state index in [1.54, 1.807) is 26.0 Å². The highest BCUT2D eigenvalue weighted by Crippen LogP contribution is 2.37. The van der Waals surface area contributed by atoms with E-state index in [4.69, 9.17) is 24.4 Å². The molecule has 3 aromatic rings. The SMILES string of the molecule is CCn1c(O)c(C(c2ccc(C)cc2)c2c(O)n(CC)c(=S)n(CC)c2=O)c(=O)n(CC)c1=S. The molecule has 0 atom stereocenters. The summed E-state index contributed by atoms with van der Waals surface area (Å²) in [6.07, 6.45) is 0. The third-order valence-corrected chi connectivity index (χ3v) is 7.00. The zero-order valence-electron chi connectivity index (χ0n) is 20.0. The number of hydrogen-bond donors (Lipinski definition) is 2. The van der Waals surface area contributed by atoms with Crippen molar-refractivity contribution in [2.75, 3.05) is 0 Å². The minimum Gasteiger partial charge on any atom is -0.494 e. The van der Waals surface area contributed by atoms with Gasteiger partial charge in [-0.3, -0.25) is 27.9 Å². The van der Waals surface area contributed by atoms with E-state index >= 15 is 0 Å². The first kappa shape index (κ1) is 25.6. The van der Waals surface area contributed by atoms with Gasteiger partial charge in [0.05, 0.1) is 17.0 Å². The summed E-state index contributed by atoms with van der Waals surface area (Å²) in [5.41, 5.74) is 0.518. The van der Waals surface area contributed by atoms with E-state index in [1.165, 1.54) is 18.3 Å². The van der Waals surface area contributed by atoms with Gasteiger partial charge in [-0.05, 0) is 64.6 Å². The largest absolute Gasteiger partial charge is 0.494 e. The molecular weight excluding hydrogens is 472 g/mol. The maximum atomic E-state index is 13.7. The van der Waals surface area contributed by atoms with Crippen molar-refractivity contribution in [1.29, 1.82) is 0 Å². The summed E-state index contributed by atoms with van der Waals surface area (Å²) in [4.78, 5) is 27.3. The minimum absolute atomic E-state index is 0.0176. The molecule has 2 heterocycles. The Morgan fingerprint density at radius 1 is 0.706 bits per heavy atom. The van der Waals surface area contributed by atoms with Gasteiger partial charge in [-0.15, -0.1) is 0 Å². The predicted molar refractivity (Wildman–Crippen MR) is 137 cm³/mol. The van der Waals surface area contributed by atoms with Crippen molar-refractivity contribution in [1.82, 2.24) is 18.3 Å². The van der Waals surface area contributed by atoms with Crippen molar-refractivity contribution in [3.8, 4) is 11.8 Å². The summed E-state index contributed by atoms with van der Waals surface area (Å²) in [5.74, 6) is -1.68. The van der Waals surface area contributed by atoms with Crippen molar-refractivity contribution < 1.29 is 10.2 Å². The maximum Gasteiger partial charge on any atom is 0.262 e. The van der Waals surface area contributed by atoms with Crippen LogP contribution in [0.15, 0.2) is 33.9 Å². The van der Waals surface area contributed by atoms with E-state index in [-0.39, 0.29) is 45.5 Å². The molecule has 10 heteroatoms. The van der Waals surface area contributed by atoms with Crippen LogP contribution < -0.4 is 11.1 Å². The molecule has 0 aliphatic heterocycles. The molecule has 182 valence electrons. The van der Waals surface area contributed by atoms with Crippen LogP contribution in [-0.2, 0) is 26.2 Å². The Kier molecular flexibility index (Phi) is 7.62. The molecule has 3 rings (SSSR count). The summed E-state index contributed by atoms with van der Waals surface area (Å²) in [6.45, 7) is 10.3. The molecule has 2 N–H and O–H groups in total. The van der Waals surface area contributed by atoms with Gasteiger partial charge in [0.15, 0.2) is 9.54 Å². The van der Waals surface area contributed by atoms with Gasteiger partial charge in [0.2, 0.25) is 11.8 Å². The molecule has 34 heavy (non-hydrogen) atoms. The molecule has 0 spiro atoms. The van der Waals surface area contributed by atoms with E-state index < -0.39 is 17.0 Å². The van der Waals surface area contributed by atoms with Gasteiger partial charge in [0, 0.05) is 26.2 Å². The van der Waals surface area contributed by atoms with Gasteiger partial charge in [-0.1, -0.05) is 29.8 Å². The van der Waals surface area contributed by atoms with Crippen LogP contribution in [-0.4, -0.2) is 28.5 Å². The van der Waals surface area contributed by atoms with Crippen molar-refractivity contribution in [3.05, 3.63) is 76.8 Å². The first-order valence-electron chi connectivity index (χ1n) is 11.3. The van der Waals surface area contributed by atoms with Gasteiger partial charge in [0.1, 0.15) is 0 Å². The number of rotatable bonds is 7. The second-order valence-corrected chi connectivity index (χ2v) is 8.70. The number of aromatic hydroxyl groups is 2. The Hall–Kier alpha value is -2.98. The number of aromatic nitrogens is 4. The highest BCUT2D eigenvalue weighted by Gasteiger charge is 2.33. The molecule has 0 bridgehead atoms. The Balaban J connectivity index is 2.61. The lowest BCUT2D eigenvalue weighted by Gasteiger charge is -2.25. The van der Waals surface area contributed by atoms with Crippen LogP contribution in [0.2, 0.25) is 0 Å². The fourth-order valence-corrected chi connectivity index (χ4v) is 5.14. The van der Waals surface area contributed by atoms with Crippen molar-refractivity contribution in [2.45, 2.75) is 66.7 Å². The van der Waals surface area contributed by atoms with Crippen molar-refractivity contribution >= 4 is 24.4 Å². The van der Waals surface area contributed by atoms with Crippen LogP contribution >= 0.6 is 24.4 Å². The summed E-state index contributed by atoms with van der Waals surface area (Å²) in [6, 6.07) is 7.30. The van der Waals surface area contributed by atoms with Gasteiger partial charge < -0.3 is 10.2 Å². The van der Waals surface area contributed by atoms with Crippen LogP contribution in [0.5, 0.6) is 11.8 Å². The van der Waals surface area contributed by atoms with E-state index in [1.807, 2.05) is 32.9 Å². The Morgan fingerprint density at radius 3 is 1.38 bits per heavy atom. The lowest BCUT2D eigenvalue weighted by molar-refractivity contribution is 0.380. The maximum absolute atomic E-state index is 13.7. The molecule has 0 unspecified atom stereocenters. The molecule has 2 aromatic heterocycles. The first-order valence-corrected chi connectivity index (χ1v) is 12.1. The summed E-state index contributed by atoms with van der Waals surface area (Å²) >= 11 is 10.9. The molecule has 0 saturated heterocycles. The average molecular weight is 503 g/mol. The van der Waals surface area contributed by atoms with Gasteiger partial charge >= 0.3 is 0 Å². The van der Waals surface area contributed by atoms with Gasteiger partial charge in [-0.2, -0.15) is 0 Å². The smallest absolute Gasteiger partial charge is 0.262 e. The van der Waals surface area contributed by atoms with Gasteiger partial charge in [0.25, 0.3) is 11.1 Å². The molecule has 0 radical (unpaired) electrons. The fraction of sp³-hybridized carbons (Fsp3) is 0.417. The highest BCUT2D eigenvalue weighted by atomic mass is 32.1. The van der Waals surface area contributed by atoms with Gasteiger partial charge in [-0.25, -0.2) is 0 Å². The molecule has 0 amide bonds. The molecule has 0 aliphatic rings. The topological polar surface area (TPSA) is 94.3 Å². The molecule has 8 nitrogen and oxygen atoms in total. The Labute approximate surface area is 208 Å². The molecule has 0 saturated carbocycles. The lowest BCUT2D eigenvalue weighted by atomic mass is 9.86. The third kappa shape index (κ3) is 4.05. The number of aryl methyl sites for hydroxylation is 1. The van der Waals surface area contributed by atoms with E-state index in [0.29, 0.717) is 18.7 Å². The standard InChI is InChI=1S/C24H30N4O4S2/c1-6-25-19(29)17(20(30)26(7-2)23(25)33)16(15-12-10-14(5)11-13-15)18-21(31)27(8-3)24(34)28(9-4)22(18)32/h10-13,16,29,31H,6-9H2,1-5H3. The summed E-state index contributed by atoms with van der Waals surface area (Å²) in [7, 11) is 0. The van der Waals surface area contributed by atoms with Crippen LogP contribution in [0.1, 0.15) is 55.9 Å². The van der Waals surface area contributed by atoms with Crippen LogP contribution in [0.25, 0.3) is 0 Å². The normalized spacial score (nSPS) is 11.4.